The van der Waals surface area contributed by atoms with Crippen LogP contribution in [0.25, 0.3) is 10.9 Å². The summed E-state index contributed by atoms with van der Waals surface area (Å²) in [6, 6.07) is 12.0. The fourth-order valence-electron chi connectivity index (χ4n) is 4.52. The second kappa shape index (κ2) is 11.8. The molecule has 3 atom stereocenters. The topological polar surface area (TPSA) is 74.5 Å². The van der Waals surface area contributed by atoms with Crippen LogP contribution in [0, 0.1) is 5.92 Å². The molecule has 2 N–H and O–H groups in total. The van der Waals surface area contributed by atoms with Crippen molar-refractivity contribution in [1.82, 2.24) is 19.8 Å². The molecule has 1 aliphatic rings. The molecule has 2 unspecified atom stereocenters. The van der Waals surface area contributed by atoms with E-state index in [9.17, 15) is 4.79 Å². The van der Waals surface area contributed by atoms with E-state index >= 15 is 0 Å². The van der Waals surface area contributed by atoms with Crippen molar-refractivity contribution in [2.75, 3.05) is 18.4 Å². The number of fused-ring (bicyclic) bond motifs is 1. The van der Waals surface area contributed by atoms with Gasteiger partial charge in [0.15, 0.2) is 5.96 Å². The number of nitrogens with one attached hydrogen (secondary N) is 2. The predicted octanol–water partition coefficient (Wildman–Crippen LogP) is 5.44. The summed E-state index contributed by atoms with van der Waals surface area (Å²) in [6.07, 6.45) is 2.21. The van der Waals surface area contributed by atoms with Crippen molar-refractivity contribution in [3.63, 3.8) is 0 Å². The minimum Gasteiger partial charge on any atom is -0.340 e. The Kier molecular flexibility index (Phi) is 8.78. The molecule has 2 aromatic carbocycles. The fourth-order valence-corrected chi connectivity index (χ4v) is 5.03. The minimum absolute atomic E-state index is 0.0753. The Morgan fingerprint density at radius 1 is 1.14 bits per heavy atom. The molecule has 3 aromatic rings. The van der Waals surface area contributed by atoms with E-state index in [-0.39, 0.29) is 11.6 Å². The summed E-state index contributed by atoms with van der Waals surface area (Å²) < 4.78 is 1.63. The number of aliphatic imine (C=N–C) groups is 1. The third-order valence-electron chi connectivity index (χ3n) is 6.87. The highest BCUT2D eigenvalue weighted by molar-refractivity contribution is 6.35. The van der Waals surface area contributed by atoms with Crippen LogP contribution in [0.3, 0.4) is 0 Å². The molecule has 0 saturated carbocycles. The summed E-state index contributed by atoms with van der Waals surface area (Å²) in [5, 5.41) is 8.88. The maximum atomic E-state index is 13.2. The first-order chi connectivity index (χ1) is 17.6. The lowest BCUT2D eigenvalue weighted by atomic mass is 10.1. The highest BCUT2D eigenvalue weighted by Crippen LogP contribution is 2.22. The van der Waals surface area contributed by atoms with E-state index < -0.39 is 0 Å². The normalized spacial score (nSPS) is 19.5. The van der Waals surface area contributed by atoms with Gasteiger partial charge in [0.05, 0.1) is 23.3 Å². The summed E-state index contributed by atoms with van der Waals surface area (Å²) in [5.41, 5.74) is 2.37. The van der Waals surface area contributed by atoms with Gasteiger partial charge in [-0.05, 0) is 69.0 Å². The Labute approximate surface area is 228 Å². The van der Waals surface area contributed by atoms with E-state index in [2.05, 4.69) is 55.1 Å². The van der Waals surface area contributed by atoms with Gasteiger partial charge in [-0.25, -0.2) is 9.98 Å². The molecule has 37 heavy (non-hydrogen) atoms. The van der Waals surface area contributed by atoms with Gasteiger partial charge in [-0.3, -0.25) is 9.36 Å². The van der Waals surface area contributed by atoms with Crippen molar-refractivity contribution in [3.8, 4) is 0 Å². The number of nitrogens with zero attached hydrogens (tertiary/aromatic N) is 4. The standard InChI is InChI=1S/C28H36Cl2N6O/c1-17(2)20(5)33-28(36-14-18(3)32-19(4)15-36)34-23-8-9-24-26(13-23)31-16-35(27(24)37)11-10-21-6-7-22(29)12-25(21)30/h6-9,12-13,16-20,32H,10-11,14-15H2,1-5H3,(H,33,34)/t18-,19?,20?/m1/s1. The molecule has 4 rings (SSSR count). The van der Waals surface area contributed by atoms with Gasteiger partial charge in [0.25, 0.3) is 5.56 Å². The van der Waals surface area contributed by atoms with Gasteiger partial charge in [0.2, 0.25) is 0 Å². The lowest BCUT2D eigenvalue weighted by Gasteiger charge is -2.38. The van der Waals surface area contributed by atoms with Crippen molar-refractivity contribution in [2.24, 2.45) is 10.9 Å². The smallest absolute Gasteiger partial charge is 0.261 e. The molecule has 2 heterocycles. The minimum atomic E-state index is -0.0753. The number of benzene rings is 2. The lowest BCUT2D eigenvalue weighted by Crippen LogP contribution is -2.57. The Balaban J connectivity index is 1.56. The summed E-state index contributed by atoms with van der Waals surface area (Å²) in [6.45, 7) is 13.1. The number of aryl methyl sites for hydroxylation is 2. The van der Waals surface area contributed by atoms with E-state index in [0.29, 0.717) is 51.9 Å². The van der Waals surface area contributed by atoms with Crippen LogP contribution in [0.5, 0.6) is 0 Å². The van der Waals surface area contributed by atoms with Gasteiger partial charge in [-0.15, -0.1) is 0 Å². The highest BCUT2D eigenvalue weighted by atomic mass is 35.5. The maximum absolute atomic E-state index is 13.2. The largest absolute Gasteiger partial charge is 0.340 e. The zero-order valence-corrected chi connectivity index (χ0v) is 23.6. The Morgan fingerprint density at radius 2 is 1.86 bits per heavy atom. The summed E-state index contributed by atoms with van der Waals surface area (Å²) >= 11 is 12.3. The molecular formula is C28H36Cl2N6O. The number of aromatic nitrogens is 2. The van der Waals surface area contributed by atoms with Crippen LogP contribution in [0.15, 0.2) is 52.5 Å². The van der Waals surface area contributed by atoms with E-state index in [1.807, 2.05) is 24.3 Å². The van der Waals surface area contributed by atoms with Crippen LogP contribution in [-0.2, 0) is 13.0 Å². The first kappa shape index (κ1) is 27.4. The van der Waals surface area contributed by atoms with Crippen LogP contribution in [0.2, 0.25) is 10.0 Å². The number of guanidine groups is 1. The average Bonchev–Trinajstić information content (AvgIpc) is 2.83. The Bertz CT molecular complexity index is 1330. The highest BCUT2D eigenvalue weighted by Gasteiger charge is 2.24. The molecule has 1 saturated heterocycles. The van der Waals surface area contributed by atoms with E-state index in [1.54, 1.807) is 23.0 Å². The average molecular weight is 544 g/mol. The van der Waals surface area contributed by atoms with Gasteiger partial charge in [-0.1, -0.05) is 43.1 Å². The summed E-state index contributed by atoms with van der Waals surface area (Å²) in [5.74, 6) is 1.28. The van der Waals surface area contributed by atoms with Gasteiger partial charge in [0, 0.05) is 47.5 Å². The van der Waals surface area contributed by atoms with Crippen LogP contribution >= 0.6 is 23.2 Å². The molecule has 0 aliphatic carbocycles. The number of anilines is 1. The summed E-state index contributed by atoms with van der Waals surface area (Å²) in [4.78, 5) is 25.1. The van der Waals surface area contributed by atoms with Gasteiger partial charge < -0.3 is 15.5 Å². The van der Waals surface area contributed by atoms with E-state index in [0.717, 1.165) is 30.3 Å². The molecule has 1 fully saturated rings. The first-order valence-corrected chi connectivity index (χ1v) is 13.6. The van der Waals surface area contributed by atoms with Crippen molar-refractivity contribution >= 4 is 45.8 Å². The van der Waals surface area contributed by atoms with Crippen molar-refractivity contribution in [2.45, 2.75) is 65.7 Å². The van der Waals surface area contributed by atoms with Gasteiger partial charge in [0.1, 0.15) is 0 Å². The summed E-state index contributed by atoms with van der Waals surface area (Å²) in [7, 11) is 0. The second-order valence-electron chi connectivity index (χ2n) is 10.4. The third-order valence-corrected chi connectivity index (χ3v) is 7.45. The number of rotatable bonds is 6. The quantitative estimate of drug-likeness (QED) is 0.320. The predicted molar refractivity (Wildman–Crippen MR) is 155 cm³/mol. The van der Waals surface area contributed by atoms with Crippen LogP contribution in [-0.4, -0.2) is 51.6 Å². The lowest BCUT2D eigenvalue weighted by molar-refractivity contribution is 0.253. The maximum Gasteiger partial charge on any atom is 0.261 e. The van der Waals surface area contributed by atoms with E-state index in [1.165, 1.54) is 0 Å². The molecule has 1 aliphatic heterocycles. The number of hydrogen-bond acceptors (Lipinski definition) is 4. The zero-order chi connectivity index (χ0) is 26.7. The van der Waals surface area contributed by atoms with Gasteiger partial charge in [-0.2, -0.15) is 0 Å². The molecule has 0 spiro atoms. The van der Waals surface area contributed by atoms with Crippen LogP contribution < -0.4 is 16.2 Å². The molecule has 0 bridgehead atoms. The number of halogens is 2. The Hall–Kier alpha value is -2.61. The molecule has 7 nitrogen and oxygen atoms in total. The zero-order valence-electron chi connectivity index (χ0n) is 22.1. The SMILES string of the molecule is CC1CN(C(=NC(C)C(C)C)Nc2ccc3c(=O)n(CCc4ccc(Cl)cc4Cl)cnc3c2)C[C@@H](C)N1. The number of hydrogen-bond donors (Lipinski definition) is 2. The molecule has 0 amide bonds. The molecule has 1 aromatic heterocycles. The third kappa shape index (κ3) is 6.83. The van der Waals surface area contributed by atoms with Crippen LogP contribution in [0.4, 0.5) is 5.69 Å². The first-order valence-electron chi connectivity index (χ1n) is 12.9. The number of piperazine rings is 1. The molecule has 0 radical (unpaired) electrons. The second-order valence-corrected chi connectivity index (χ2v) is 11.2. The molecule has 9 heteroatoms. The van der Waals surface area contributed by atoms with Crippen molar-refractivity contribution < 1.29 is 0 Å². The Morgan fingerprint density at radius 3 is 2.54 bits per heavy atom. The fraction of sp³-hybridized carbons (Fsp3) is 0.464. The van der Waals surface area contributed by atoms with Crippen molar-refractivity contribution in [1.29, 1.82) is 0 Å². The van der Waals surface area contributed by atoms with Gasteiger partial charge >= 0.3 is 0 Å². The van der Waals surface area contributed by atoms with Crippen LogP contribution in [0.1, 0.15) is 40.2 Å². The molecular weight excluding hydrogens is 507 g/mol. The van der Waals surface area contributed by atoms with E-state index in [4.69, 9.17) is 28.2 Å². The monoisotopic (exact) mass is 542 g/mol. The molecule has 198 valence electrons. The van der Waals surface area contributed by atoms with Crippen molar-refractivity contribution in [3.05, 3.63) is 68.7 Å².